The number of halogens is 3. The molecule has 6 rings (SSSR count). The molecular weight excluding hydrogens is 591 g/mol. The Balaban J connectivity index is 1.31. The maximum absolute atomic E-state index is 15.4. The Hall–Kier alpha value is -4.32. The van der Waals surface area contributed by atoms with Crippen LogP contribution in [0.5, 0.6) is 11.5 Å². The second kappa shape index (κ2) is 12.6. The third-order valence-electron chi connectivity index (χ3n) is 8.71. The van der Waals surface area contributed by atoms with Gasteiger partial charge in [0.2, 0.25) is 12.3 Å². The van der Waals surface area contributed by atoms with Crippen molar-refractivity contribution in [3.05, 3.63) is 87.3 Å². The number of pyridine rings is 1. The van der Waals surface area contributed by atoms with E-state index in [1.807, 2.05) is 0 Å². The quantitative estimate of drug-likeness (QED) is 0.357. The van der Waals surface area contributed by atoms with Crippen molar-refractivity contribution in [1.29, 1.82) is 0 Å². The van der Waals surface area contributed by atoms with E-state index in [1.54, 1.807) is 19.2 Å². The Morgan fingerprint density at radius 1 is 1.07 bits per heavy atom. The van der Waals surface area contributed by atoms with Crippen LogP contribution in [0.3, 0.4) is 0 Å². The number of benzene rings is 2. The van der Waals surface area contributed by atoms with Crippen molar-refractivity contribution in [2.45, 2.75) is 51.0 Å². The Kier molecular flexibility index (Phi) is 8.59. The highest BCUT2D eigenvalue weighted by atomic mass is 19.1. The first kappa shape index (κ1) is 30.7. The summed E-state index contributed by atoms with van der Waals surface area (Å²) in [6, 6.07) is 8.03. The molecule has 2 aliphatic heterocycles. The zero-order valence-corrected chi connectivity index (χ0v) is 24.9. The lowest BCUT2D eigenvalue weighted by molar-refractivity contribution is -0.118. The summed E-state index contributed by atoms with van der Waals surface area (Å²) in [4.78, 5) is 42.3. The zero-order valence-electron chi connectivity index (χ0n) is 24.9. The fourth-order valence-corrected chi connectivity index (χ4v) is 6.01. The van der Waals surface area contributed by atoms with Gasteiger partial charge in [-0.1, -0.05) is 0 Å². The molecule has 12 heteroatoms. The Bertz CT molecular complexity index is 1630. The van der Waals surface area contributed by atoms with Gasteiger partial charge in [-0.2, -0.15) is 0 Å². The van der Waals surface area contributed by atoms with E-state index in [9.17, 15) is 18.8 Å². The number of hydrogen-bond acceptors (Lipinski definition) is 6. The van der Waals surface area contributed by atoms with Gasteiger partial charge < -0.3 is 29.0 Å². The van der Waals surface area contributed by atoms with E-state index >= 15 is 8.78 Å². The summed E-state index contributed by atoms with van der Waals surface area (Å²) in [5.41, 5.74) is -0.129. The number of nitrogens with zero attached hydrogens (tertiary/aromatic N) is 2. The van der Waals surface area contributed by atoms with Crippen molar-refractivity contribution in [1.82, 2.24) is 9.88 Å². The van der Waals surface area contributed by atoms with Crippen LogP contribution in [0.2, 0.25) is 0 Å². The first-order valence-corrected chi connectivity index (χ1v) is 15.0. The number of alkyl halides is 1. The van der Waals surface area contributed by atoms with Crippen LogP contribution < -0.4 is 25.2 Å². The molecular formula is C33H34F3N3O6. The number of methoxy groups -OCH3 is 1. The van der Waals surface area contributed by atoms with E-state index in [1.165, 1.54) is 40.8 Å². The number of nitrogens with one attached hydrogen (secondary N) is 1. The lowest BCUT2D eigenvalue weighted by Gasteiger charge is -2.21. The van der Waals surface area contributed by atoms with E-state index < -0.39 is 52.9 Å². The molecule has 238 valence electrons. The van der Waals surface area contributed by atoms with Crippen LogP contribution in [0.4, 0.5) is 18.9 Å². The molecule has 1 aromatic heterocycles. The van der Waals surface area contributed by atoms with Crippen molar-refractivity contribution in [2.24, 2.45) is 11.8 Å². The van der Waals surface area contributed by atoms with E-state index in [4.69, 9.17) is 14.2 Å². The van der Waals surface area contributed by atoms with Gasteiger partial charge >= 0.3 is 0 Å². The number of rotatable bonds is 10. The van der Waals surface area contributed by atoms with Crippen molar-refractivity contribution in [3.63, 3.8) is 0 Å². The summed E-state index contributed by atoms with van der Waals surface area (Å²) in [7, 11) is 1.27. The summed E-state index contributed by atoms with van der Waals surface area (Å²) >= 11 is 0. The van der Waals surface area contributed by atoms with Gasteiger partial charge in [-0.05, 0) is 62.1 Å². The smallest absolute Gasteiger partial charge is 0.274 e. The van der Waals surface area contributed by atoms with Crippen molar-refractivity contribution in [3.8, 4) is 11.5 Å². The number of hydrogen-bond donors (Lipinski definition) is 1. The number of aryl methyl sites for hydroxylation is 1. The number of amides is 2. The second-order valence-corrected chi connectivity index (χ2v) is 11.9. The number of carbonyl (C=O) groups is 2. The molecule has 4 atom stereocenters. The average molecular weight is 626 g/mol. The van der Waals surface area contributed by atoms with Gasteiger partial charge in [0, 0.05) is 66.9 Å². The van der Waals surface area contributed by atoms with E-state index in [0.717, 1.165) is 31.4 Å². The van der Waals surface area contributed by atoms with Gasteiger partial charge in [-0.3, -0.25) is 14.4 Å². The Morgan fingerprint density at radius 3 is 2.40 bits per heavy atom. The molecule has 3 aliphatic rings. The van der Waals surface area contributed by atoms with Crippen molar-refractivity contribution >= 4 is 17.5 Å². The predicted molar refractivity (Wildman–Crippen MR) is 158 cm³/mol. The normalized spacial score (nSPS) is 22.0. The SMILES string of the molecule is COc1cc(F)c([C@@H]2CN(c3c(C)ccn(CC4CCOC4)c3=O)C(=O)[C@H]2NC(=O)c2ccc(OC(F)C3CC3)cc2)c(F)c1. The van der Waals surface area contributed by atoms with E-state index in [0.29, 0.717) is 25.3 Å². The summed E-state index contributed by atoms with van der Waals surface area (Å²) in [6.45, 7) is 2.94. The van der Waals surface area contributed by atoms with E-state index in [-0.39, 0.29) is 41.1 Å². The molecule has 1 saturated carbocycles. The maximum Gasteiger partial charge on any atom is 0.274 e. The lowest BCUT2D eigenvalue weighted by Crippen LogP contribution is -2.45. The van der Waals surface area contributed by atoms with Crippen LogP contribution in [0.15, 0.2) is 53.5 Å². The molecule has 9 nitrogen and oxygen atoms in total. The van der Waals surface area contributed by atoms with Crippen LogP contribution in [-0.2, 0) is 16.1 Å². The molecule has 45 heavy (non-hydrogen) atoms. The maximum atomic E-state index is 15.4. The van der Waals surface area contributed by atoms with Gasteiger partial charge in [-0.15, -0.1) is 0 Å². The Labute approximate surface area is 257 Å². The topological polar surface area (TPSA) is 99.1 Å². The van der Waals surface area contributed by atoms with Crippen LogP contribution >= 0.6 is 0 Å². The first-order valence-electron chi connectivity index (χ1n) is 15.0. The minimum atomic E-state index is -1.43. The third-order valence-corrected chi connectivity index (χ3v) is 8.71. The molecule has 3 aromatic rings. The number of anilines is 1. The van der Waals surface area contributed by atoms with E-state index in [2.05, 4.69) is 5.32 Å². The molecule has 2 unspecified atom stereocenters. The highest BCUT2D eigenvalue weighted by Crippen LogP contribution is 2.37. The fraction of sp³-hybridized carbons (Fsp3) is 0.424. The zero-order chi connectivity index (χ0) is 31.8. The molecule has 1 N–H and O–H groups in total. The van der Waals surface area contributed by atoms with Gasteiger partial charge in [0.25, 0.3) is 11.5 Å². The molecule has 0 bridgehead atoms. The highest BCUT2D eigenvalue weighted by Gasteiger charge is 2.46. The van der Waals surface area contributed by atoms with Crippen LogP contribution in [0, 0.1) is 30.4 Å². The highest BCUT2D eigenvalue weighted by molar-refractivity contribution is 6.05. The fourth-order valence-electron chi connectivity index (χ4n) is 6.01. The summed E-state index contributed by atoms with van der Waals surface area (Å²) in [6.07, 6.45) is 2.54. The Morgan fingerprint density at radius 2 is 1.78 bits per heavy atom. The average Bonchev–Trinajstić information content (AvgIpc) is 3.67. The number of aromatic nitrogens is 1. The molecule has 2 amide bonds. The lowest BCUT2D eigenvalue weighted by atomic mass is 9.92. The monoisotopic (exact) mass is 625 g/mol. The number of ether oxygens (including phenoxy) is 3. The molecule has 3 heterocycles. The largest absolute Gasteiger partial charge is 0.497 e. The van der Waals surface area contributed by atoms with Gasteiger partial charge in [0.15, 0.2) is 0 Å². The molecule has 3 fully saturated rings. The molecule has 2 aromatic carbocycles. The summed E-state index contributed by atoms with van der Waals surface area (Å²) in [5.74, 6) is -4.26. The van der Waals surface area contributed by atoms with Crippen molar-refractivity contribution < 1.29 is 37.0 Å². The standard InChI is InChI=1S/C33H34F3N3O6/c1-18-9-11-38(15-19-10-12-44-17-19)33(42)29(18)39-16-24(27-25(34)13-23(43-2)14-26(27)35)28(32(39)41)37-31(40)21-5-7-22(8-6-21)45-30(36)20-3-4-20/h5-9,11,13-14,19-20,24,28,30H,3-4,10,12,15-17H2,1-2H3,(H,37,40)/t19?,24-,28-,30?/m0/s1. The minimum absolute atomic E-state index is 0.0484. The third kappa shape index (κ3) is 6.28. The van der Waals surface area contributed by atoms with Crippen LogP contribution in [-0.4, -0.2) is 55.6 Å². The van der Waals surface area contributed by atoms with Crippen LogP contribution in [0.25, 0.3) is 0 Å². The van der Waals surface area contributed by atoms with Gasteiger partial charge in [-0.25, -0.2) is 13.2 Å². The minimum Gasteiger partial charge on any atom is -0.497 e. The summed E-state index contributed by atoms with van der Waals surface area (Å²) < 4.78 is 62.1. The molecule has 0 radical (unpaired) electrons. The number of carbonyl (C=O) groups excluding carboxylic acids is 2. The second-order valence-electron chi connectivity index (χ2n) is 11.9. The molecule has 2 saturated heterocycles. The van der Waals surface area contributed by atoms with Crippen LogP contribution in [0.1, 0.15) is 46.7 Å². The van der Waals surface area contributed by atoms with Crippen molar-refractivity contribution in [2.75, 3.05) is 31.8 Å². The molecule has 1 aliphatic carbocycles. The van der Waals surface area contributed by atoms with Gasteiger partial charge in [0.05, 0.1) is 13.7 Å². The molecule has 0 spiro atoms. The first-order chi connectivity index (χ1) is 21.6. The predicted octanol–water partition coefficient (Wildman–Crippen LogP) is 4.49. The van der Waals surface area contributed by atoms with Gasteiger partial charge in [0.1, 0.15) is 34.9 Å². The summed E-state index contributed by atoms with van der Waals surface area (Å²) in [5, 5.41) is 2.64.